The lowest BCUT2D eigenvalue weighted by molar-refractivity contribution is -0.124. The molecule has 0 aliphatic heterocycles. The van der Waals surface area contributed by atoms with Gasteiger partial charge in [0.05, 0.1) is 6.04 Å². The van der Waals surface area contributed by atoms with Crippen LogP contribution < -0.4 is 10.6 Å². The Morgan fingerprint density at radius 2 is 1.50 bits per heavy atom. The third-order valence-electron chi connectivity index (χ3n) is 4.52. The molecule has 0 fully saturated rings. The molecular formula is C22H28N2O2. The summed E-state index contributed by atoms with van der Waals surface area (Å²) >= 11 is 0. The van der Waals surface area contributed by atoms with Crippen molar-refractivity contribution in [1.82, 2.24) is 10.6 Å². The third-order valence-corrected chi connectivity index (χ3v) is 4.52. The molecule has 2 aromatic rings. The summed E-state index contributed by atoms with van der Waals surface area (Å²) in [4.78, 5) is 25.2. The lowest BCUT2D eigenvalue weighted by Crippen LogP contribution is -2.50. The molecule has 138 valence electrons. The largest absolute Gasteiger partial charge is 0.348 e. The van der Waals surface area contributed by atoms with Crippen molar-refractivity contribution in [1.29, 1.82) is 0 Å². The fourth-order valence-electron chi connectivity index (χ4n) is 2.78. The van der Waals surface area contributed by atoms with Crippen LogP contribution in [0.4, 0.5) is 0 Å². The Bertz CT molecular complexity index is 724. The molecule has 2 amide bonds. The van der Waals surface area contributed by atoms with Crippen LogP contribution in [0.5, 0.6) is 0 Å². The number of amides is 2. The number of carbonyl (C=O) groups is 2. The zero-order chi connectivity index (χ0) is 19.1. The fraction of sp³-hybridized carbons (Fsp3) is 0.364. The third kappa shape index (κ3) is 5.19. The number of carbonyl (C=O) groups excluding carboxylic acids is 2. The number of rotatable bonds is 7. The zero-order valence-electron chi connectivity index (χ0n) is 16.0. The molecule has 0 spiro atoms. The van der Waals surface area contributed by atoms with E-state index in [0.717, 1.165) is 12.0 Å². The molecule has 0 unspecified atom stereocenters. The van der Waals surface area contributed by atoms with Crippen molar-refractivity contribution < 1.29 is 9.59 Å². The second-order valence-electron chi connectivity index (χ2n) is 6.89. The maximum Gasteiger partial charge on any atom is 0.251 e. The highest BCUT2D eigenvalue weighted by Gasteiger charge is 2.25. The van der Waals surface area contributed by atoms with Gasteiger partial charge in [-0.1, -0.05) is 63.2 Å². The number of benzene rings is 2. The quantitative estimate of drug-likeness (QED) is 0.794. The Kier molecular flexibility index (Phi) is 6.96. The summed E-state index contributed by atoms with van der Waals surface area (Å²) in [7, 11) is 0. The average molecular weight is 352 g/mol. The van der Waals surface area contributed by atoms with Gasteiger partial charge >= 0.3 is 0 Å². The highest BCUT2D eigenvalue weighted by molar-refractivity contribution is 5.97. The van der Waals surface area contributed by atoms with E-state index in [1.165, 1.54) is 5.56 Å². The number of aryl methyl sites for hydroxylation is 1. The normalized spacial score (nSPS) is 13.1. The fourth-order valence-corrected chi connectivity index (χ4v) is 2.78. The average Bonchev–Trinajstić information content (AvgIpc) is 2.66. The molecule has 0 bridgehead atoms. The van der Waals surface area contributed by atoms with Crippen LogP contribution in [0.1, 0.15) is 55.2 Å². The molecule has 26 heavy (non-hydrogen) atoms. The van der Waals surface area contributed by atoms with Crippen molar-refractivity contribution in [3.63, 3.8) is 0 Å². The highest BCUT2D eigenvalue weighted by atomic mass is 16.2. The van der Waals surface area contributed by atoms with Crippen molar-refractivity contribution >= 4 is 11.8 Å². The smallest absolute Gasteiger partial charge is 0.251 e. The van der Waals surface area contributed by atoms with Crippen LogP contribution in [0.25, 0.3) is 0 Å². The summed E-state index contributed by atoms with van der Waals surface area (Å²) in [5.41, 5.74) is 2.78. The minimum absolute atomic E-state index is 0.0168. The van der Waals surface area contributed by atoms with E-state index in [4.69, 9.17) is 0 Å². The first-order valence-electron chi connectivity index (χ1n) is 9.17. The van der Waals surface area contributed by atoms with E-state index in [1.807, 2.05) is 63.2 Å². The van der Waals surface area contributed by atoms with Crippen LogP contribution >= 0.6 is 0 Å². The van der Waals surface area contributed by atoms with E-state index >= 15 is 0 Å². The van der Waals surface area contributed by atoms with Crippen molar-refractivity contribution in [3.05, 3.63) is 71.3 Å². The van der Waals surface area contributed by atoms with Crippen LogP contribution in [0.2, 0.25) is 0 Å². The minimum atomic E-state index is -0.584. The molecule has 0 aliphatic rings. The van der Waals surface area contributed by atoms with Crippen molar-refractivity contribution in [2.24, 2.45) is 5.92 Å². The summed E-state index contributed by atoms with van der Waals surface area (Å²) in [6.07, 6.45) is 0.927. The van der Waals surface area contributed by atoms with Gasteiger partial charge in [-0.15, -0.1) is 0 Å². The van der Waals surface area contributed by atoms with E-state index in [9.17, 15) is 9.59 Å². The number of hydrogen-bond donors (Lipinski definition) is 2. The van der Waals surface area contributed by atoms with Gasteiger partial charge in [0.2, 0.25) is 5.91 Å². The first kappa shape index (κ1) is 19.7. The molecular weight excluding hydrogens is 324 g/mol. The van der Waals surface area contributed by atoms with Crippen molar-refractivity contribution in [2.45, 2.75) is 46.2 Å². The highest BCUT2D eigenvalue weighted by Crippen LogP contribution is 2.13. The summed E-state index contributed by atoms with van der Waals surface area (Å²) < 4.78 is 0. The van der Waals surface area contributed by atoms with Gasteiger partial charge in [0.25, 0.3) is 5.91 Å². The molecule has 0 radical (unpaired) electrons. The second kappa shape index (κ2) is 9.18. The van der Waals surface area contributed by atoms with Crippen LogP contribution in [-0.4, -0.2) is 17.9 Å². The van der Waals surface area contributed by atoms with E-state index in [1.54, 1.807) is 12.1 Å². The van der Waals surface area contributed by atoms with Crippen LogP contribution in [0, 0.1) is 5.92 Å². The van der Waals surface area contributed by atoms with Crippen LogP contribution in [-0.2, 0) is 11.2 Å². The van der Waals surface area contributed by atoms with Crippen molar-refractivity contribution in [3.8, 4) is 0 Å². The molecule has 0 saturated carbocycles. The van der Waals surface area contributed by atoms with Gasteiger partial charge in [0, 0.05) is 5.56 Å². The Hall–Kier alpha value is -2.62. The summed E-state index contributed by atoms with van der Waals surface area (Å²) in [6, 6.07) is 16.6. The van der Waals surface area contributed by atoms with Gasteiger partial charge in [-0.3, -0.25) is 9.59 Å². The van der Waals surface area contributed by atoms with Crippen LogP contribution in [0.15, 0.2) is 54.6 Å². The maximum absolute atomic E-state index is 12.7. The Morgan fingerprint density at radius 3 is 2.04 bits per heavy atom. The van der Waals surface area contributed by atoms with Crippen molar-refractivity contribution in [2.75, 3.05) is 0 Å². The Balaban J connectivity index is 2.04. The molecule has 4 heteroatoms. The topological polar surface area (TPSA) is 58.2 Å². The van der Waals surface area contributed by atoms with Gasteiger partial charge in [-0.05, 0) is 42.5 Å². The molecule has 2 atom stereocenters. The molecule has 2 N–H and O–H groups in total. The lowest BCUT2D eigenvalue weighted by Gasteiger charge is -2.24. The molecule has 0 saturated heterocycles. The predicted molar refractivity (Wildman–Crippen MR) is 105 cm³/mol. The minimum Gasteiger partial charge on any atom is -0.348 e. The van der Waals surface area contributed by atoms with Crippen LogP contribution in [0.3, 0.4) is 0 Å². The van der Waals surface area contributed by atoms with Gasteiger partial charge in [-0.25, -0.2) is 0 Å². The van der Waals surface area contributed by atoms with Gasteiger partial charge < -0.3 is 10.6 Å². The first-order valence-corrected chi connectivity index (χ1v) is 9.17. The number of nitrogens with one attached hydrogen (secondary N) is 2. The maximum atomic E-state index is 12.7. The van der Waals surface area contributed by atoms with E-state index in [-0.39, 0.29) is 23.8 Å². The molecule has 4 nitrogen and oxygen atoms in total. The standard InChI is InChI=1S/C22H28N2O2/c1-5-17-11-13-19(14-12-17)21(25)24-20(15(2)3)22(26)23-16(4)18-9-7-6-8-10-18/h6-16,20H,5H2,1-4H3,(H,23,26)(H,24,25)/t16-,20-/m1/s1. The van der Waals surface area contributed by atoms with Gasteiger partial charge in [0.1, 0.15) is 6.04 Å². The molecule has 0 aliphatic carbocycles. The predicted octanol–water partition coefficient (Wildman–Crippen LogP) is 3.88. The molecule has 2 rings (SSSR count). The molecule has 0 aromatic heterocycles. The first-order chi connectivity index (χ1) is 12.4. The monoisotopic (exact) mass is 352 g/mol. The number of hydrogen-bond acceptors (Lipinski definition) is 2. The summed E-state index contributed by atoms with van der Waals surface area (Å²) in [5, 5.41) is 5.87. The van der Waals surface area contributed by atoms with E-state index < -0.39 is 6.04 Å². The SMILES string of the molecule is CCc1ccc(C(=O)N[C@@H](C(=O)N[C@H](C)c2ccccc2)C(C)C)cc1. The Morgan fingerprint density at radius 1 is 0.885 bits per heavy atom. The molecule has 0 heterocycles. The van der Waals surface area contributed by atoms with E-state index in [2.05, 4.69) is 17.6 Å². The Labute approximate surface area is 156 Å². The second-order valence-corrected chi connectivity index (χ2v) is 6.89. The molecule has 2 aromatic carbocycles. The van der Waals surface area contributed by atoms with E-state index in [0.29, 0.717) is 5.56 Å². The van der Waals surface area contributed by atoms with Gasteiger partial charge in [0.15, 0.2) is 0 Å². The lowest BCUT2D eigenvalue weighted by atomic mass is 10.0. The zero-order valence-corrected chi connectivity index (χ0v) is 16.0. The van der Waals surface area contributed by atoms with Gasteiger partial charge in [-0.2, -0.15) is 0 Å². The summed E-state index contributed by atoms with van der Waals surface area (Å²) in [5.74, 6) is -0.416. The summed E-state index contributed by atoms with van der Waals surface area (Å²) in [6.45, 7) is 7.87.